The van der Waals surface area contributed by atoms with Crippen molar-refractivity contribution in [2.75, 3.05) is 0 Å². The van der Waals surface area contributed by atoms with E-state index in [4.69, 9.17) is 11.6 Å². The number of benzene rings is 1. The van der Waals surface area contributed by atoms with Crippen molar-refractivity contribution in [1.82, 2.24) is 0 Å². The Morgan fingerprint density at radius 1 is 1.25 bits per heavy atom. The molecule has 4 heteroatoms. The van der Waals surface area contributed by atoms with Crippen molar-refractivity contribution in [3.8, 4) is 0 Å². The summed E-state index contributed by atoms with van der Waals surface area (Å²) in [6, 6.07) is 2.27. The highest BCUT2D eigenvalue weighted by Crippen LogP contribution is 2.36. The van der Waals surface area contributed by atoms with Crippen LogP contribution in [0.4, 0.5) is 8.78 Å². The highest BCUT2D eigenvalue weighted by atomic mass is 79.9. The minimum Gasteiger partial charge on any atom is -0.207 e. The molecule has 16 heavy (non-hydrogen) atoms. The second kappa shape index (κ2) is 5.01. The molecule has 0 N–H and O–H groups in total. The molecule has 0 aromatic heterocycles. The van der Waals surface area contributed by atoms with Crippen LogP contribution in [0.2, 0.25) is 0 Å². The third kappa shape index (κ3) is 3.70. The third-order valence-corrected chi connectivity index (χ3v) is 3.17. The zero-order chi connectivity index (χ0) is 12.5. The molecule has 1 aromatic carbocycles. The molecule has 1 aromatic rings. The highest BCUT2D eigenvalue weighted by Gasteiger charge is 2.22. The molecule has 0 saturated carbocycles. The average Bonchev–Trinajstić information content (AvgIpc) is 2.08. The summed E-state index contributed by atoms with van der Waals surface area (Å²) >= 11 is 9.03. The monoisotopic (exact) mass is 310 g/mol. The van der Waals surface area contributed by atoms with Gasteiger partial charge in [0.05, 0.1) is 9.85 Å². The summed E-state index contributed by atoms with van der Waals surface area (Å²) in [5.74, 6) is -0.964. The molecule has 1 atom stereocenters. The largest absolute Gasteiger partial charge is 0.207 e. The van der Waals surface area contributed by atoms with Crippen molar-refractivity contribution in [3.63, 3.8) is 0 Å². The fourth-order valence-corrected chi connectivity index (χ4v) is 2.37. The van der Waals surface area contributed by atoms with Crippen LogP contribution in [0.3, 0.4) is 0 Å². The summed E-state index contributed by atoms with van der Waals surface area (Å²) in [5, 5.41) is -0.511. The zero-order valence-electron chi connectivity index (χ0n) is 9.45. The SMILES string of the molecule is CC(C)(C)CC(Cl)c1cc(F)c(Br)cc1F. The molecular formula is C12H14BrClF2. The van der Waals surface area contributed by atoms with Gasteiger partial charge in [-0.25, -0.2) is 8.78 Å². The standard InChI is InChI=1S/C12H14BrClF2/c1-12(2,3)6-9(14)7-4-11(16)8(13)5-10(7)15/h4-5,9H,6H2,1-3H3. The van der Waals surface area contributed by atoms with Gasteiger partial charge >= 0.3 is 0 Å². The van der Waals surface area contributed by atoms with E-state index < -0.39 is 17.0 Å². The van der Waals surface area contributed by atoms with Crippen LogP contribution < -0.4 is 0 Å². The fraction of sp³-hybridized carbons (Fsp3) is 0.500. The van der Waals surface area contributed by atoms with Crippen molar-refractivity contribution in [1.29, 1.82) is 0 Å². The molecular weight excluding hydrogens is 297 g/mol. The van der Waals surface area contributed by atoms with Crippen molar-refractivity contribution < 1.29 is 8.78 Å². The average molecular weight is 312 g/mol. The molecule has 0 fully saturated rings. The summed E-state index contributed by atoms with van der Waals surface area (Å²) in [6.07, 6.45) is 0.590. The minimum atomic E-state index is -0.511. The maximum Gasteiger partial charge on any atom is 0.137 e. The van der Waals surface area contributed by atoms with Crippen molar-refractivity contribution in [2.45, 2.75) is 32.6 Å². The van der Waals surface area contributed by atoms with Crippen LogP contribution in [0.1, 0.15) is 38.1 Å². The minimum absolute atomic E-state index is 0.0254. The van der Waals surface area contributed by atoms with E-state index in [1.165, 1.54) is 0 Å². The van der Waals surface area contributed by atoms with Gasteiger partial charge in [-0.1, -0.05) is 20.8 Å². The van der Waals surface area contributed by atoms with Crippen LogP contribution in [-0.2, 0) is 0 Å². The van der Waals surface area contributed by atoms with E-state index in [9.17, 15) is 8.78 Å². The van der Waals surface area contributed by atoms with Gasteiger partial charge < -0.3 is 0 Å². The predicted molar refractivity (Wildman–Crippen MR) is 66.7 cm³/mol. The second-order valence-electron chi connectivity index (χ2n) is 5.02. The molecule has 0 heterocycles. The molecule has 0 aliphatic rings. The van der Waals surface area contributed by atoms with Crippen molar-refractivity contribution >= 4 is 27.5 Å². The third-order valence-electron chi connectivity index (χ3n) is 2.17. The summed E-state index contributed by atoms with van der Waals surface area (Å²) in [4.78, 5) is 0. The highest BCUT2D eigenvalue weighted by molar-refractivity contribution is 9.10. The molecule has 1 unspecified atom stereocenters. The molecule has 0 aliphatic heterocycles. The quantitative estimate of drug-likeness (QED) is 0.504. The first kappa shape index (κ1) is 13.9. The maximum atomic E-state index is 13.6. The predicted octanol–water partition coefficient (Wildman–Crippen LogP) is 5.44. The van der Waals surface area contributed by atoms with Crippen molar-refractivity contribution in [3.05, 3.63) is 33.8 Å². The molecule has 90 valence electrons. The van der Waals surface area contributed by atoms with E-state index >= 15 is 0 Å². The van der Waals surface area contributed by atoms with Crippen LogP contribution >= 0.6 is 27.5 Å². The Morgan fingerprint density at radius 2 is 1.81 bits per heavy atom. The number of alkyl halides is 1. The second-order valence-corrected chi connectivity index (χ2v) is 6.40. The Hall–Kier alpha value is -0.150. The smallest absolute Gasteiger partial charge is 0.137 e. The van der Waals surface area contributed by atoms with Crippen LogP contribution in [0.25, 0.3) is 0 Å². The number of hydrogen-bond donors (Lipinski definition) is 0. The first-order chi connectivity index (χ1) is 7.20. The number of halogens is 4. The van der Waals surface area contributed by atoms with Gasteiger partial charge in [0.1, 0.15) is 11.6 Å². The number of rotatable bonds is 2. The normalized spacial score (nSPS) is 13.9. The lowest BCUT2D eigenvalue weighted by molar-refractivity contribution is 0.369. The van der Waals surface area contributed by atoms with E-state index in [0.29, 0.717) is 6.42 Å². The lowest BCUT2D eigenvalue weighted by Crippen LogP contribution is -2.10. The van der Waals surface area contributed by atoms with Crippen LogP contribution in [0.15, 0.2) is 16.6 Å². The zero-order valence-corrected chi connectivity index (χ0v) is 11.8. The van der Waals surface area contributed by atoms with Crippen LogP contribution in [-0.4, -0.2) is 0 Å². The van der Waals surface area contributed by atoms with Gasteiger partial charge in [0, 0.05) is 5.56 Å². The summed E-state index contributed by atoms with van der Waals surface area (Å²) in [7, 11) is 0. The van der Waals surface area contributed by atoms with Gasteiger partial charge in [0.25, 0.3) is 0 Å². The van der Waals surface area contributed by atoms with Gasteiger partial charge in [-0.05, 0) is 39.9 Å². The molecule has 0 amide bonds. The Kier molecular flexibility index (Phi) is 4.35. The van der Waals surface area contributed by atoms with Gasteiger partial charge in [-0.3, -0.25) is 0 Å². The van der Waals surface area contributed by atoms with Crippen LogP contribution in [0, 0.1) is 17.0 Å². The molecule has 0 saturated heterocycles. The molecule has 0 nitrogen and oxygen atoms in total. The Labute approximate surface area is 108 Å². The maximum absolute atomic E-state index is 13.6. The van der Waals surface area contributed by atoms with E-state index in [2.05, 4.69) is 15.9 Å². The molecule has 0 radical (unpaired) electrons. The van der Waals surface area contributed by atoms with E-state index in [0.717, 1.165) is 12.1 Å². The fourth-order valence-electron chi connectivity index (χ4n) is 1.43. The lowest BCUT2D eigenvalue weighted by atomic mass is 9.88. The summed E-state index contributed by atoms with van der Waals surface area (Å²) in [5.41, 5.74) is 0.194. The topological polar surface area (TPSA) is 0 Å². The van der Waals surface area contributed by atoms with E-state index in [-0.39, 0.29) is 15.5 Å². The Morgan fingerprint density at radius 3 is 2.31 bits per heavy atom. The van der Waals surface area contributed by atoms with E-state index in [1.807, 2.05) is 20.8 Å². The molecule has 0 aliphatic carbocycles. The lowest BCUT2D eigenvalue weighted by Gasteiger charge is -2.22. The van der Waals surface area contributed by atoms with Gasteiger partial charge in [-0.2, -0.15) is 0 Å². The molecule has 0 bridgehead atoms. The Bertz CT molecular complexity index is 385. The summed E-state index contributed by atoms with van der Waals surface area (Å²) in [6.45, 7) is 6.03. The van der Waals surface area contributed by atoms with Gasteiger partial charge in [0.2, 0.25) is 0 Å². The summed E-state index contributed by atoms with van der Waals surface area (Å²) < 4.78 is 27.0. The van der Waals surface area contributed by atoms with Gasteiger partial charge in [0.15, 0.2) is 0 Å². The van der Waals surface area contributed by atoms with Gasteiger partial charge in [-0.15, -0.1) is 11.6 Å². The molecule has 1 rings (SSSR count). The van der Waals surface area contributed by atoms with Crippen molar-refractivity contribution in [2.24, 2.45) is 5.41 Å². The molecule has 0 spiro atoms. The Balaban J connectivity index is 3.00. The number of hydrogen-bond acceptors (Lipinski definition) is 0. The van der Waals surface area contributed by atoms with Crippen LogP contribution in [0.5, 0.6) is 0 Å². The first-order valence-corrected chi connectivity index (χ1v) is 6.22. The first-order valence-electron chi connectivity index (χ1n) is 4.99. The van der Waals surface area contributed by atoms with E-state index in [1.54, 1.807) is 0 Å².